The van der Waals surface area contributed by atoms with Crippen LogP contribution in [0.5, 0.6) is 0 Å². The molecule has 0 saturated heterocycles. The lowest BCUT2D eigenvalue weighted by molar-refractivity contribution is 0.373. The zero-order valence-corrected chi connectivity index (χ0v) is 20.8. The second kappa shape index (κ2) is 20.5. The van der Waals surface area contributed by atoms with E-state index in [1.165, 1.54) is 101 Å². The van der Waals surface area contributed by atoms with Gasteiger partial charge in [0.25, 0.3) is 0 Å². The van der Waals surface area contributed by atoms with E-state index >= 15 is 0 Å². The first-order valence-electron chi connectivity index (χ1n) is 11.0. The minimum Gasteiger partial charge on any atom is -0.364 e. The van der Waals surface area contributed by atoms with E-state index in [0.717, 1.165) is 5.88 Å². The second-order valence-corrected chi connectivity index (χ2v) is 9.63. The van der Waals surface area contributed by atoms with Crippen molar-refractivity contribution in [1.82, 2.24) is 4.90 Å². The average molecular weight is 467 g/mol. The average Bonchev–Trinajstić information content (AvgIpc) is 3.16. The summed E-state index contributed by atoms with van der Waals surface area (Å²) < 4.78 is 0. The summed E-state index contributed by atoms with van der Waals surface area (Å²) in [7, 11) is 0. The van der Waals surface area contributed by atoms with Crippen LogP contribution in [0.4, 0.5) is 0 Å². The number of unbranched alkanes of at least 4 members (excludes halogenated alkanes) is 13. The number of nitrogens with zero attached hydrogens (tertiary/aromatic N) is 1. The van der Waals surface area contributed by atoms with Crippen molar-refractivity contribution in [1.29, 1.82) is 0 Å². The van der Waals surface area contributed by atoms with E-state index in [2.05, 4.69) is 42.1 Å². The molecule has 0 N–H and O–H groups in total. The molecule has 1 heterocycles. The largest absolute Gasteiger partial charge is 0.364 e. The maximum Gasteiger partial charge on any atom is 0.0678 e. The lowest BCUT2D eigenvalue weighted by Gasteiger charge is -2.23. The Morgan fingerprint density at radius 3 is 1.81 bits per heavy atom. The van der Waals surface area contributed by atoms with Crippen LogP contribution < -0.4 is 0 Å². The Labute approximate surface area is 183 Å². The van der Waals surface area contributed by atoms with Crippen LogP contribution in [-0.4, -0.2) is 28.3 Å². The highest BCUT2D eigenvalue weighted by atomic mass is 79.9. The standard InChI is InChI=1S/C22H43NS2.BrH/c1-3-4-5-6-7-8-9-10-11-12-13-14-15-16-18-24-20-22(2)23-17-19-25-21-23;/h17,19,22H,3-16,18,20-21H2,1-2H3;1H. The summed E-state index contributed by atoms with van der Waals surface area (Å²) in [4.78, 5) is 2.46. The molecule has 4 heteroatoms. The second-order valence-electron chi connectivity index (χ2n) is 7.62. The molecule has 1 unspecified atom stereocenters. The van der Waals surface area contributed by atoms with E-state index in [1.54, 1.807) is 0 Å². The van der Waals surface area contributed by atoms with Crippen molar-refractivity contribution in [2.24, 2.45) is 0 Å². The third kappa shape index (κ3) is 15.7. The fourth-order valence-electron chi connectivity index (χ4n) is 3.32. The molecule has 26 heavy (non-hydrogen) atoms. The molecule has 0 radical (unpaired) electrons. The van der Waals surface area contributed by atoms with Crippen molar-refractivity contribution in [3.8, 4) is 0 Å². The van der Waals surface area contributed by atoms with Crippen molar-refractivity contribution in [3.63, 3.8) is 0 Å². The fraction of sp³-hybridized carbons (Fsp3) is 0.909. The minimum atomic E-state index is 0. The molecule has 0 aromatic carbocycles. The van der Waals surface area contributed by atoms with Crippen molar-refractivity contribution in [2.45, 2.75) is 110 Å². The zero-order valence-electron chi connectivity index (χ0n) is 17.4. The number of halogens is 1. The van der Waals surface area contributed by atoms with Crippen molar-refractivity contribution < 1.29 is 0 Å². The number of hydrogen-bond donors (Lipinski definition) is 0. The summed E-state index contributed by atoms with van der Waals surface area (Å²) in [5, 5.41) is 2.22. The highest BCUT2D eigenvalue weighted by molar-refractivity contribution is 8.93. The molecule has 0 aromatic rings. The van der Waals surface area contributed by atoms with Crippen molar-refractivity contribution in [3.05, 3.63) is 11.6 Å². The SMILES string of the molecule is Br.CCCCCCCCCCCCCCCCSCC(C)N1C=CSC1. The number of rotatable bonds is 18. The molecule has 1 atom stereocenters. The highest BCUT2D eigenvalue weighted by Gasteiger charge is 2.12. The van der Waals surface area contributed by atoms with Crippen LogP contribution in [0.25, 0.3) is 0 Å². The number of hydrogen-bond acceptors (Lipinski definition) is 3. The van der Waals surface area contributed by atoms with Crippen molar-refractivity contribution >= 4 is 40.5 Å². The van der Waals surface area contributed by atoms with Crippen LogP contribution in [0.3, 0.4) is 0 Å². The minimum absolute atomic E-state index is 0. The van der Waals surface area contributed by atoms with E-state index < -0.39 is 0 Å². The van der Waals surface area contributed by atoms with E-state index in [-0.39, 0.29) is 17.0 Å². The summed E-state index contributed by atoms with van der Waals surface area (Å²) in [6.45, 7) is 4.65. The molecule has 1 nitrogen and oxygen atoms in total. The van der Waals surface area contributed by atoms with Gasteiger partial charge < -0.3 is 4.90 Å². The quantitative estimate of drug-likeness (QED) is 0.186. The molecule has 0 spiro atoms. The first kappa shape index (κ1) is 26.7. The maximum atomic E-state index is 2.46. The van der Waals surface area contributed by atoms with Gasteiger partial charge in [0.1, 0.15) is 0 Å². The molecule has 156 valence electrons. The van der Waals surface area contributed by atoms with Gasteiger partial charge in [0, 0.05) is 18.0 Å². The van der Waals surface area contributed by atoms with Gasteiger partial charge in [0.15, 0.2) is 0 Å². The van der Waals surface area contributed by atoms with E-state index in [0.29, 0.717) is 6.04 Å². The van der Waals surface area contributed by atoms with Crippen LogP contribution in [0.2, 0.25) is 0 Å². The monoisotopic (exact) mass is 465 g/mol. The molecule has 1 aliphatic heterocycles. The van der Waals surface area contributed by atoms with Crippen molar-refractivity contribution in [2.75, 3.05) is 17.4 Å². The lowest BCUT2D eigenvalue weighted by atomic mass is 10.0. The van der Waals surface area contributed by atoms with Gasteiger partial charge in [0.05, 0.1) is 5.88 Å². The zero-order chi connectivity index (χ0) is 18.0. The Balaban J connectivity index is 0.00000625. The molecule has 0 saturated carbocycles. The Morgan fingerprint density at radius 2 is 1.35 bits per heavy atom. The highest BCUT2D eigenvalue weighted by Crippen LogP contribution is 2.20. The molecule has 0 aromatic heterocycles. The molecule has 1 rings (SSSR count). The van der Waals surface area contributed by atoms with Gasteiger partial charge in [-0.1, -0.05) is 90.4 Å². The predicted molar refractivity (Wildman–Crippen MR) is 131 cm³/mol. The Morgan fingerprint density at radius 1 is 0.846 bits per heavy atom. The summed E-state index contributed by atoms with van der Waals surface area (Å²) >= 11 is 4.06. The van der Waals surface area contributed by atoms with Gasteiger partial charge in [-0.15, -0.1) is 28.7 Å². The van der Waals surface area contributed by atoms with Gasteiger partial charge in [-0.05, 0) is 24.5 Å². The smallest absolute Gasteiger partial charge is 0.0678 e. The fourth-order valence-corrected chi connectivity index (χ4v) is 5.26. The lowest BCUT2D eigenvalue weighted by Crippen LogP contribution is -2.27. The van der Waals surface area contributed by atoms with Gasteiger partial charge in [-0.25, -0.2) is 0 Å². The van der Waals surface area contributed by atoms with Crippen LogP contribution in [0.1, 0.15) is 104 Å². The van der Waals surface area contributed by atoms with Gasteiger partial charge in [-0.2, -0.15) is 11.8 Å². The third-order valence-electron chi connectivity index (χ3n) is 5.14. The summed E-state index contributed by atoms with van der Waals surface area (Å²) in [5.41, 5.74) is 0. The third-order valence-corrected chi connectivity index (χ3v) is 7.20. The molecule has 0 fully saturated rings. The molecular formula is C22H44BrNS2. The van der Waals surface area contributed by atoms with Crippen LogP contribution in [0, 0.1) is 0 Å². The predicted octanol–water partition coefficient (Wildman–Crippen LogP) is 8.64. The Kier molecular flexibility index (Phi) is 21.0. The van der Waals surface area contributed by atoms with Gasteiger partial charge in [0.2, 0.25) is 0 Å². The molecular weight excluding hydrogens is 422 g/mol. The van der Waals surface area contributed by atoms with Crippen LogP contribution in [-0.2, 0) is 0 Å². The van der Waals surface area contributed by atoms with E-state index in [1.807, 2.05) is 11.8 Å². The normalized spacial score (nSPS) is 14.6. The molecule has 1 aliphatic rings. The molecule has 0 bridgehead atoms. The first-order chi connectivity index (χ1) is 12.3. The van der Waals surface area contributed by atoms with E-state index in [4.69, 9.17) is 0 Å². The Bertz CT molecular complexity index is 313. The summed E-state index contributed by atoms with van der Waals surface area (Å²) in [5.74, 6) is 3.79. The van der Waals surface area contributed by atoms with E-state index in [9.17, 15) is 0 Å². The van der Waals surface area contributed by atoms with Gasteiger partial charge >= 0.3 is 0 Å². The van der Waals surface area contributed by atoms with Gasteiger partial charge in [-0.3, -0.25) is 0 Å². The molecule has 0 aliphatic carbocycles. The molecule has 0 amide bonds. The topological polar surface area (TPSA) is 3.24 Å². The van der Waals surface area contributed by atoms with Crippen LogP contribution >= 0.6 is 40.5 Å². The first-order valence-corrected chi connectivity index (χ1v) is 13.2. The summed E-state index contributed by atoms with van der Waals surface area (Å²) in [6, 6.07) is 0.697. The Hall–Kier alpha value is 0.720. The van der Waals surface area contributed by atoms with Crippen LogP contribution in [0.15, 0.2) is 11.6 Å². The number of thioether (sulfide) groups is 2. The maximum absolute atomic E-state index is 2.46. The summed E-state index contributed by atoms with van der Waals surface area (Å²) in [6.07, 6.45) is 22.6.